The van der Waals surface area contributed by atoms with E-state index in [0.29, 0.717) is 11.5 Å². The number of benzene rings is 4. The second kappa shape index (κ2) is 10.4. The van der Waals surface area contributed by atoms with Gasteiger partial charge in [0.2, 0.25) is 5.84 Å². The Morgan fingerprint density at radius 2 is 0.968 bits per heavy atom. The number of azo groups is 2. The lowest BCUT2D eigenvalue weighted by Crippen LogP contribution is -2.00. The van der Waals surface area contributed by atoms with Crippen molar-refractivity contribution >= 4 is 28.6 Å². The first kappa shape index (κ1) is 19.8. The van der Waals surface area contributed by atoms with Crippen LogP contribution in [0.5, 0.6) is 0 Å². The van der Waals surface area contributed by atoms with Crippen molar-refractivity contribution in [1.29, 1.82) is 0 Å². The van der Waals surface area contributed by atoms with Gasteiger partial charge in [-0.05, 0) is 48.5 Å². The van der Waals surface area contributed by atoms with Crippen LogP contribution in [-0.2, 0) is 0 Å². The molecule has 0 aliphatic rings. The van der Waals surface area contributed by atoms with Crippen LogP contribution in [0.3, 0.4) is 0 Å². The molecule has 0 saturated carbocycles. The molecule has 0 aliphatic heterocycles. The van der Waals surface area contributed by atoms with Crippen LogP contribution in [0.2, 0.25) is 0 Å². The molecule has 0 amide bonds. The normalized spacial score (nSPS) is 11.8. The smallest absolute Gasteiger partial charge is 0.201 e. The van der Waals surface area contributed by atoms with Gasteiger partial charge < -0.3 is 0 Å². The molecule has 4 rings (SSSR count). The van der Waals surface area contributed by atoms with E-state index in [4.69, 9.17) is 0 Å². The summed E-state index contributed by atoms with van der Waals surface area (Å²) in [4.78, 5) is 0. The zero-order chi connectivity index (χ0) is 21.1. The van der Waals surface area contributed by atoms with Gasteiger partial charge in [-0.2, -0.15) is 15.3 Å². The lowest BCUT2D eigenvalue weighted by Gasteiger charge is -2.03. The Hall–Kier alpha value is -4.45. The summed E-state index contributed by atoms with van der Waals surface area (Å²) >= 11 is 0. The molecule has 1 N–H and O–H groups in total. The number of hydrazone groups is 1. The van der Waals surface area contributed by atoms with E-state index in [-0.39, 0.29) is 0 Å². The lowest BCUT2D eigenvalue weighted by atomic mass is 10.2. The van der Waals surface area contributed by atoms with Gasteiger partial charge in [0.25, 0.3) is 0 Å². The molecule has 0 spiro atoms. The number of rotatable bonds is 6. The summed E-state index contributed by atoms with van der Waals surface area (Å²) in [6.07, 6.45) is 0. The van der Waals surface area contributed by atoms with Crippen LogP contribution in [0, 0.1) is 0 Å². The molecule has 4 aromatic rings. The van der Waals surface area contributed by atoms with E-state index >= 15 is 0 Å². The number of nitrogens with zero attached hydrogens (tertiary/aromatic N) is 5. The number of nitrogens with one attached hydrogen (secondary N) is 1. The topological polar surface area (TPSA) is 73.8 Å². The zero-order valence-electron chi connectivity index (χ0n) is 16.7. The average molecular weight is 404 g/mol. The van der Waals surface area contributed by atoms with Crippen LogP contribution in [0.25, 0.3) is 0 Å². The Labute approximate surface area is 180 Å². The molecule has 31 heavy (non-hydrogen) atoms. The summed E-state index contributed by atoms with van der Waals surface area (Å²) in [7, 11) is 0. The predicted octanol–water partition coefficient (Wildman–Crippen LogP) is 7.66. The minimum Gasteiger partial charge on any atom is -0.276 e. The summed E-state index contributed by atoms with van der Waals surface area (Å²) in [6, 6.07) is 36.4. The third-order valence-electron chi connectivity index (χ3n) is 4.24. The largest absolute Gasteiger partial charge is 0.276 e. The van der Waals surface area contributed by atoms with Crippen LogP contribution in [0.15, 0.2) is 141 Å². The van der Waals surface area contributed by atoms with E-state index in [1.54, 1.807) is 0 Å². The molecule has 0 heterocycles. The maximum atomic E-state index is 4.43. The Balaban J connectivity index is 1.50. The van der Waals surface area contributed by atoms with Crippen LogP contribution >= 0.6 is 0 Å². The van der Waals surface area contributed by atoms with Gasteiger partial charge in [-0.3, -0.25) is 5.43 Å². The van der Waals surface area contributed by atoms with Gasteiger partial charge in [-0.15, -0.1) is 10.2 Å². The van der Waals surface area contributed by atoms with Crippen molar-refractivity contribution in [2.45, 2.75) is 0 Å². The second-order valence-electron chi connectivity index (χ2n) is 6.53. The number of anilines is 1. The standard InChI is InChI=1S/C25H20N6/c1-4-10-20(11-5-1)25(30-28-22-14-8-3-9-15-22)31-29-24-18-16-23(17-19-24)27-26-21-12-6-2-7-13-21/h1-19,28H. The van der Waals surface area contributed by atoms with Gasteiger partial charge in [0.05, 0.1) is 22.7 Å². The van der Waals surface area contributed by atoms with E-state index in [9.17, 15) is 0 Å². The maximum absolute atomic E-state index is 4.43. The first-order chi connectivity index (χ1) is 15.4. The van der Waals surface area contributed by atoms with Crippen LogP contribution < -0.4 is 5.43 Å². The third-order valence-corrected chi connectivity index (χ3v) is 4.24. The Morgan fingerprint density at radius 3 is 1.58 bits per heavy atom. The van der Waals surface area contributed by atoms with Gasteiger partial charge in [0.1, 0.15) is 0 Å². The first-order valence-corrected chi connectivity index (χ1v) is 9.80. The predicted molar refractivity (Wildman–Crippen MR) is 125 cm³/mol. The molecule has 0 fully saturated rings. The fourth-order valence-electron chi connectivity index (χ4n) is 2.66. The Kier molecular flexibility index (Phi) is 6.63. The van der Waals surface area contributed by atoms with Crippen LogP contribution in [-0.4, -0.2) is 5.84 Å². The van der Waals surface area contributed by atoms with Gasteiger partial charge >= 0.3 is 0 Å². The molecular formula is C25H20N6. The molecule has 6 heteroatoms. The molecule has 0 atom stereocenters. The van der Waals surface area contributed by atoms with Crippen molar-refractivity contribution in [2.24, 2.45) is 25.6 Å². The molecule has 150 valence electrons. The summed E-state index contributed by atoms with van der Waals surface area (Å²) in [5, 5.41) is 21.6. The fourth-order valence-corrected chi connectivity index (χ4v) is 2.66. The number of para-hydroxylation sites is 1. The molecule has 0 radical (unpaired) electrons. The monoisotopic (exact) mass is 404 g/mol. The van der Waals surface area contributed by atoms with E-state index in [0.717, 1.165) is 22.6 Å². The van der Waals surface area contributed by atoms with Crippen molar-refractivity contribution < 1.29 is 0 Å². The summed E-state index contributed by atoms with van der Waals surface area (Å²) in [6.45, 7) is 0. The summed E-state index contributed by atoms with van der Waals surface area (Å²) < 4.78 is 0. The highest BCUT2D eigenvalue weighted by molar-refractivity contribution is 5.99. The molecule has 0 unspecified atom stereocenters. The molecule has 0 aliphatic carbocycles. The molecule has 4 aromatic carbocycles. The van der Waals surface area contributed by atoms with Crippen molar-refractivity contribution in [3.05, 3.63) is 121 Å². The van der Waals surface area contributed by atoms with E-state index in [1.807, 2.05) is 115 Å². The third kappa shape index (κ3) is 6.01. The molecule has 6 nitrogen and oxygen atoms in total. The van der Waals surface area contributed by atoms with Crippen LogP contribution in [0.1, 0.15) is 5.56 Å². The average Bonchev–Trinajstić information content (AvgIpc) is 2.85. The highest BCUT2D eigenvalue weighted by Gasteiger charge is 2.02. The van der Waals surface area contributed by atoms with Crippen LogP contribution in [0.4, 0.5) is 22.7 Å². The van der Waals surface area contributed by atoms with E-state index in [2.05, 4.69) is 31.0 Å². The molecule has 0 aromatic heterocycles. The van der Waals surface area contributed by atoms with Gasteiger partial charge in [-0.25, -0.2) is 0 Å². The SMILES string of the molecule is c1ccc(N=Nc2ccc(N=NC(=NNc3ccccc3)c3ccccc3)cc2)cc1. The highest BCUT2D eigenvalue weighted by atomic mass is 15.3. The van der Waals surface area contributed by atoms with Crippen molar-refractivity contribution in [3.8, 4) is 0 Å². The lowest BCUT2D eigenvalue weighted by molar-refractivity contribution is 1.21. The summed E-state index contributed by atoms with van der Waals surface area (Å²) in [5.41, 5.74) is 7.01. The quantitative estimate of drug-likeness (QED) is 0.152. The first-order valence-electron chi connectivity index (χ1n) is 9.80. The number of amidine groups is 1. The van der Waals surface area contributed by atoms with E-state index in [1.165, 1.54) is 0 Å². The molecular weight excluding hydrogens is 384 g/mol. The summed E-state index contributed by atoms with van der Waals surface area (Å²) in [5.74, 6) is 0.484. The van der Waals surface area contributed by atoms with E-state index < -0.39 is 0 Å². The molecule has 0 bridgehead atoms. The fraction of sp³-hybridized carbons (Fsp3) is 0. The minimum atomic E-state index is 0.484. The van der Waals surface area contributed by atoms with Gasteiger partial charge in [0, 0.05) is 5.56 Å². The molecule has 0 saturated heterocycles. The zero-order valence-corrected chi connectivity index (χ0v) is 16.7. The van der Waals surface area contributed by atoms with Crippen molar-refractivity contribution in [1.82, 2.24) is 0 Å². The van der Waals surface area contributed by atoms with Gasteiger partial charge in [-0.1, -0.05) is 66.7 Å². The van der Waals surface area contributed by atoms with Gasteiger partial charge in [0.15, 0.2) is 0 Å². The number of hydrogen-bond acceptors (Lipinski definition) is 5. The highest BCUT2D eigenvalue weighted by Crippen LogP contribution is 2.22. The Bertz CT molecular complexity index is 1170. The second-order valence-corrected chi connectivity index (χ2v) is 6.53. The minimum absolute atomic E-state index is 0.484. The maximum Gasteiger partial charge on any atom is 0.201 e. The van der Waals surface area contributed by atoms with Crippen molar-refractivity contribution in [3.63, 3.8) is 0 Å². The van der Waals surface area contributed by atoms with Crippen molar-refractivity contribution in [2.75, 3.05) is 5.43 Å². The number of hydrogen-bond donors (Lipinski definition) is 1. The Morgan fingerprint density at radius 1 is 0.484 bits per heavy atom.